The molecule has 1 aliphatic heterocycles. The predicted molar refractivity (Wildman–Crippen MR) is 83.0 cm³/mol. The summed E-state index contributed by atoms with van der Waals surface area (Å²) in [7, 11) is 0. The molecule has 3 unspecified atom stereocenters. The molecule has 0 radical (unpaired) electrons. The fraction of sp³-hybridized carbons (Fsp3) is 0.938. The van der Waals surface area contributed by atoms with Crippen LogP contribution in [0.4, 0.5) is 0 Å². The minimum atomic E-state index is -0.732. The summed E-state index contributed by atoms with van der Waals surface area (Å²) in [6.45, 7) is 11.6. The number of carbonyl (C=O) groups is 1. The lowest BCUT2D eigenvalue weighted by Crippen LogP contribution is -2.52. The van der Waals surface area contributed by atoms with Crippen LogP contribution in [-0.2, 0) is 4.79 Å². The van der Waals surface area contributed by atoms with E-state index in [1.807, 2.05) is 6.92 Å². The molecule has 0 aromatic carbocycles. The SMILES string of the molecule is CCCNC(CC)(CCCN1CC(C)CC1C)C(=O)O. The Bertz CT molecular complexity index is 309. The average Bonchev–Trinajstić information content (AvgIpc) is 2.72. The fourth-order valence-corrected chi connectivity index (χ4v) is 3.37. The molecule has 1 heterocycles. The molecule has 0 aliphatic carbocycles. The van der Waals surface area contributed by atoms with E-state index in [-0.39, 0.29) is 0 Å². The molecule has 1 rings (SSSR count). The Hall–Kier alpha value is -0.610. The van der Waals surface area contributed by atoms with Crippen LogP contribution in [0.1, 0.15) is 59.8 Å². The smallest absolute Gasteiger partial charge is 0.323 e. The Morgan fingerprint density at radius 1 is 1.40 bits per heavy atom. The summed E-state index contributed by atoms with van der Waals surface area (Å²) >= 11 is 0. The van der Waals surface area contributed by atoms with E-state index < -0.39 is 11.5 Å². The van der Waals surface area contributed by atoms with Gasteiger partial charge in [-0.15, -0.1) is 0 Å². The highest BCUT2D eigenvalue weighted by Crippen LogP contribution is 2.24. The first kappa shape index (κ1) is 17.4. The maximum absolute atomic E-state index is 11.6. The Balaban J connectivity index is 2.48. The molecular weight excluding hydrogens is 252 g/mol. The minimum absolute atomic E-state index is 0.647. The number of nitrogens with zero attached hydrogens (tertiary/aromatic N) is 1. The van der Waals surface area contributed by atoms with Gasteiger partial charge in [-0.1, -0.05) is 20.8 Å². The van der Waals surface area contributed by atoms with Gasteiger partial charge in [0.15, 0.2) is 0 Å². The molecule has 0 amide bonds. The first-order chi connectivity index (χ1) is 9.45. The summed E-state index contributed by atoms with van der Waals surface area (Å²) in [4.78, 5) is 14.1. The maximum Gasteiger partial charge on any atom is 0.323 e. The molecule has 0 aromatic rings. The van der Waals surface area contributed by atoms with E-state index in [9.17, 15) is 9.90 Å². The normalized spacial score (nSPS) is 26.6. The van der Waals surface area contributed by atoms with Gasteiger partial charge in [0, 0.05) is 12.6 Å². The van der Waals surface area contributed by atoms with Gasteiger partial charge in [0.25, 0.3) is 0 Å². The summed E-state index contributed by atoms with van der Waals surface area (Å²) in [6, 6.07) is 0.648. The van der Waals surface area contributed by atoms with Gasteiger partial charge in [0.2, 0.25) is 0 Å². The maximum atomic E-state index is 11.6. The van der Waals surface area contributed by atoms with Crippen LogP contribution in [0.15, 0.2) is 0 Å². The van der Waals surface area contributed by atoms with Crippen LogP contribution in [0.25, 0.3) is 0 Å². The molecule has 20 heavy (non-hydrogen) atoms. The van der Waals surface area contributed by atoms with Crippen LogP contribution in [0, 0.1) is 5.92 Å². The van der Waals surface area contributed by atoms with E-state index in [1.54, 1.807) is 0 Å². The number of carboxylic acid groups (broad SMARTS) is 1. The number of carboxylic acids is 1. The van der Waals surface area contributed by atoms with Crippen molar-refractivity contribution in [3.05, 3.63) is 0 Å². The van der Waals surface area contributed by atoms with Crippen molar-refractivity contribution in [1.82, 2.24) is 10.2 Å². The molecule has 3 atom stereocenters. The number of nitrogens with one attached hydrogen (secondary N) is 1. The van der Waals surface area contributed by atoms with E-state index in [0.717, 1.165) is 44.8 Å². The highest BCUT2D eigenvalue weighted by atomic mass is 16.4. The van der Waals surface area contributed by atoms with Crippen molar-refractivity contribution in [1.29, 1.82) is 0 Å². The second-order valence-electron chi connectivity index (χ2n) is 6.46. The highest BCUT2D eigenvalue weighted by Gasteiger charge is 2.36. The van der Waals surface area contributed by atoms with E-state index in [4.69, 9.17) is 0 Å². The first-order valence-electron chi connectivity index (χ1n) is 8.17. The summed E-state index contributed by atoms with van der Waals surface area (Å²) in [5.74, 6) is 0.0786. The predicted octanol–water partition coefficient (Wildman–Crippen LogP) is 2.73. The average molecular weight is 284 g/mol. The zero-order valence-corrected chi connectivity index (χ0v) is 13.6. The summed E-state index contributed by atoms with van der Waals surface area (Å²) < 4.78 is 0. The second-order valence-corrected chi connectivity index (χ2v) is 6.46. The van der Waals surface area contributed by atoms with Crippen molar-refractivity contribution >= 4 is 5.97 Å². The van der Waals surface area contributed by atoms with Crippen LogP contribution >= 0.6 is 0 Å². The molecule has 0 bridgehead atoms. The molecule has 4 nitrogen and oxygen atoms in total. The number of rotatable bonds is 9. The molecule has 1 aliphatic rings. The molecule has 0 spiro atoms. The van der Waals surface area contributed by atoms with Crippen molar-refractivity contribution in [2.45, 2.75) is 71.4 Å². The van der Waals surface area contributed by atoms with E-state index in [0.29, 0.717) is 12.5 Å². The molecule has 1 fully saturated rings. The Morgan fingerprint density at radius 2 is 2.10 bits per heavy atom. The molecule has 2 N–H and O–H groups in total. The zero-order valence-electron chi connectivity index (χ0n) is 13.6. The van der Waals surface area contributed by atoms with Crippen molar-refractivity contribution in [3.8, 4) is 0 Å². The number of likely N-dealkylation sites (tertiary alicyclic amines) is 1. The van der Waals surface area contributed by atoms with Gasteiger partial charge < -0.3 is 15.3 Å². The lowest BCUT2D eigenvalue weighted by atomic mass is 9.90. The fourth-order valence-electron chi connectivity index (χ4n) is 3.37. The van der Waals surface area contributed by atoms with E-state index in [2.05, 4.69) is 31.0 Å². The monoisotopic (exact) mass is 284 g/mol. The molecule has 1 saturated heterocycles. The third-order valence-corrected chi connectivity index (χ3v) is 4.69. The number of hydrogen-bond donors (Lipinski definition) is 2. The van der Waals surface area contributed by atoms with Gasteiger partial charge in [0.1, 0.15) is 5.54 Å². The van der Waals surface area contributed by atoms with Crippen LogP contribution in [0.2, 0.25) is 0 Å². The van der Waals surface area contributed by atoms with E-state index >= 15 is 0 Å². The van der Waals surface area contributed by atoms with Crippen molar-refractivity contribution < 1.29 is 9.90 Å². The standard InChI is InChI=1S/C16H32N2O2/c1-5-9-17-16(6-2,15(19)20)8-7-10-18-12-13(3)11-14(18)4/h13-14,17H,5-12H2,1-4H3,(H,19,20). The number of aliphatic carboxylic acids is 1. The largest absolute Gasteiger partial charge is 0.480 e. The van der Waals surface area contributed by atoms with Crippen molar-refractivity contribution in [3.63, 3.8) is 0 Å². The summed E-state index contributed by atoms with van der Waals surface area (Å²) in [5.41, 5.74) is -0.732. The van der Waals surface area contributed by atoms with Gasteiger partial charge in [-0.3, -0.25) is 4.79 Å². The second kappa shape index (κ2) is 7.99. The van der Waals surface area contributed by atoms with Gasteiger partial charge in [-0.2, -0.15) is 0 Å². The van der Waals surface area contributed by atoms with Gasteiger partial charge in [-0.05, 0) is 58.0 Å². The lowest BCUT2D eigenvalue weighted by Gasteiger charge is -2.31. The van der Waals surface area contributed by atoms with Gasteiger partial charge in [0.05, 0.1) is 0 Å². The molecule has 0 aromatic heterocycles. The van der Waals surface area contributed by atoms with Gasteiger partial charge >= 0.3 is 5.97 Å². The van der Waals surface area contributed by atoms with Crippen LogP contribution in [0.3, 0.4) is 0 Å². The Kier molecular flexibility index (Phi) is 6.96. The van der Waals surface area contributed by atoms with Crippen LogP contribution in [0.5, 0.6) is 0 Å². The molecule has 0 saturated carbocycles. The van der Waals surface area contributed by atoms with Crippen molar-refractivity contribution in [2.24, 2.45) is 5.92 Å². The lowest BCUT2D eigenvalue weighted by molar-refractivity contribution is -0.145. The first-order valence-corrected chi connectivity index (χ1v) is 8.17. The summed E-state index contributed by atoms with van der Waals surface area (Å²) in [6.07, 6.45) is 4.56. The van der Waals surface area contributed by atoms with E-state index in [1.165, 1.54) is 6.42 Å². The number of hydrogen-bond acceptors (Lipinski definition) is 3. The van der Waals surface area contributed by atoms with Crippen LogP contribution < -0.4 is 5.32 Å². The quantitative estimate of drug-likeness (QED) is 0.683. The molecular formula is C16H32N2O2. The molecule has 4 heteroatoms. The minimum Gasteiger partial charge on any atom is -0.480 e. The molecule has 118 valence electrons. The third-order valence-electron chi connectivity index (χ3n) is 4.69. The summed E-state index contributed by atoms with van der Waals surface area (Å²) in [5, 5.41) is 12.8. The Morgan fingerprint density at radius 3 is 2.55 bits per heavy atom. The highest BCUT2D eigenvalue weighted by molar-refractivity contribution is 5.78. The van der Waals surface area contributed by atoms with Crippen LogP contribution in [-0.4, -0.2) is 47.2 Å². The Labute approximate surface area is 123 Å². The third kappa shape index (κ3) is 4.45. The topological polar surface area (TPSA) is 52.6 Å². The van der Waals surface area contributed by atoms with Gasteiger partial charge in [-0.25, -0.2) is 0 Å². The zero-order chi connectivity index (χ0) is 15.2. The van der Waals surface area contributed by atoms with Crippen molar-refractivity contribution in [2.75, 3.05) is 19.6 Å².